The first-order valence-electron chi connectivity index (χ1n) is 13.3. The molecule has 4 rings (SSSR count). The van der Waals surface area contributed by atoms with Gasteiger partial charge < -0.3 is 20.0 Å². The second kappa shape index (κ2) is 11.6. The van der Waals surface area contributed by atoms with Gasteiger partial charge in [-0.25, -0.2) is 0 Å². The molecule has 2 aliphatic rings. The standard InChI is InChI=1S/C30H44N2O2/c1-31(2)19-25-12-6-13-26(30(25)23-11-8-15-28(34)18-23)21-32(3)20-24-9-4-5-16-29(24)22-10-7-14-27(33)17-22/h7-8,10-11,14-15,17-18,24-26,29-30,33-34H,4-6,9,12-13,16,19-21H2,1-3H3/t24-,25+,26?,29-,30+/m0/s1. The molecule has 2 fully saturated rings. The second-order valence-corrected chi connectivity index (χ2v) is 11.3. The highest BCUT2D eigenvalue weighted by molar-refractivity contribution is 5.32. The Kier molecular flexibility index (Phi) is 8.55. The van der Waals surface area contributed by atoms with Crippen LogP contribution in [0.3, 0.4) is 0 Å². The van der Waals surface area contributed by atoms with Crippen molar-refractivity contribution in [2.24, 2.45) is 17.8 Å². The summed E-state index contributed by atoms with van der Waals surface area (Å²) in [6.45, 7) is 3.32. The molecule has 0 radical (unpaired) electrons. The minimum absolute atomic E-state index is 0.384. The van der Waals surface area contributed by atoms with E-state index in [0.29, 0.717) is 41.1 Å². The topological polar surface area (TPSA) is 46.9 Å². The quantitative estimate of drug-likeness (QED) is 0.498. The third-order valence-corrected chi connectivity index (χ3v) is 8.32. The highest BCUT2D eigenvalue weighted by Gasteiger charge is 2.36. The van der Waals surface area contributed by atoms with Gasteiger partial charge in [-0.05, 0) is 112 Å². The van der Waals surface area contributed by atoms with Crippen molar-refractivity contribution < 1.29 is 10.2 Å². The lowest BCUT2D eigenvalue weighted by Crippen LogP contribution is -2.40. The fraction of sp³-hybridized carbons (Fsp3) is 0.600. The Morgan fingerprint density at radius 2 is 1.24 bits per heavy atom. The van der Waals surface area contributed by atoms with Gasteiger partial charge in [-0.3, -0.25) is 0 Å². The summed E-state index contributed by atoms with van der Waals surface area (Å²) in [6, 6.07) is 16.0. The molecule has 2 aromatic carbocycles. The van der Waals surface area contributed by atoms with Gasteiger partial charge in [0.15, 0.2) is 0 Å². The predicted octanol–water partition coefficient (Wildman–Crippen LogP) is 6.07. The largest absolute Gasteiger partial charge is 0.508 e. The smallest absolute Gasteiger partial charge is 0.115 e. The number of aromatic hydroxyl groups is 2. The monoisotopic (exact) mass is 464 g/mol. The third kappa shape index (κ3) is 6.34. The summed E-state index contributed by atoms with van der Waals surface area (Å²) in [5.41, 5.74) is 2.61. The number of hydrogen-bond donors (Lipinski definition) is 2. The van der Waals surface area contributed by atoms with Gasteiger partial charge in [0, 0.05) is 19.6 Å². The molecule has 2 saturated carbocycles. The zero-order chi connectivity index (χ0) is 24.1. The molecule has 2 aromatic rings. The molecule has 0 saturated heterocycles. The van der Waals surface area contributed by atoms with Crippen molar-refractivity contribution >= 4 is 0 Å². The molecule has 0 heterocycles. The molecule has 0 spiro atoms. The van der Waals surface area contributed by atoms with Gasteiger partial charge in [0.05, 0.1) is 0 Å². The van der Waals surface area contributed by atoms with Crippen LogP contribution in [0.4, 0.5) is 0 Å². The summed E-state index contributed by atoms with van der Waals surface area (Å²) < 4.78 is 0. The summed E-state index contributed by atoms with van der Waals surface area (Å²) in [7, 11) is 6.67. The molecule has 2 aliphatic carbocycles. The van der Waals surface area contributed by atoms with E-state index in [1.165, 1.54) is 56.1 Å². The molecule has 34 heavy (non-hydrogen) atoms. The summed E-state index contributed by atoms with van der Waals surface area (Å²) >= 11 is 0. The number of benzene rings is 2. The van der Waals surface area contributed by atoms with Crippen LogP contribution in [0.2, 0.25) is 0 Å². The van der Waals surface area contributed by atoms with Crippen molar-refractivity contribution in [1.29, 1.82) is 0 Å². The number of rotatable bonds is 8. The van der Waals surface area contributed by atoms with Gasteiger partial charge in [-0.1, -0.05) is 43.5 Å². The zero-order valence-corrected chi connectivity index (χ0v) is 21.4. The molecule has 186 valence electrons. The van der Waals surface area contributed by atoms with E-state index in [1.807, 2.05) is 24.3 Å². The van der Waals surface area contributed by atoms with Crippen molar-refractivity contribution in [2.75, 3.05) is 40.8 Å². The van der Waals surface area contributed by atoms with Crippen LogP contribution >= 0.6 is 0 Å². The fourth-order valence-electron chi connectivity index (χ4n) is 7.04. The van der Waals surface area contributed by atoms with E-state index in [0.717, 1.165) is 19.6 Å². The molecule has 0 aliphatic heterocycles. The molecule has 2 N–H and O–H groups in total. The minimum Gasteiger partial charge on any atom is -0.508 e. The number of phenols is 2. The Bertz CT molecular complexity index is 914. The van der Waals surface area contributed by atoms with Crippen molar-refractivity contribution in [1.82, 2.24) is 9.80 Å². The lowest BCUT2D eigenvalue weighted by atomic mass is 9.68. The number of hydrogen-bond acceptors (Lipinski definition) is 4. The summed E-state index contributed by atoms with van der Waals surface area (Å²) in [4.78, 5) is 4.92. The van der Waals surface area contributed by atoms with E-state index < -0.39 is 0 Å². The first-order chi connectivity index (χ1) is 16.4. The molecule has 0 bridgehead atoms. The SMILES string of the molecule is CN(C)C[C@H]1CCCC(CN(C)C[C@@H]2CCCC[C@H]2c2cccc(O)c2)[C@@H]1c1cccc(O)c1. The Hall–Kier alpha value is -2.04. The van der Waals surface area contributed by atoms with Crippen LogP contribution in [0.1, 0.15) is 67.9 Å². The van der Waals surface area contributed by atoms with E-state index in [-0.39, 0.29) is 0 Å². The van der Waals surface area contributed by atoms with Gasteiger partial charge in [-0.15, -0.1) is 0 Å². The van der Waals surface area contributed by atoms with Gasteiger partial charge >= 0.3 is 0 Å². The Labute approximate surface area is 206 Å². The van der Waals surface area contributed by atoms with Crippen LogP contribution in [-0.2, 0) is 0 Å². The average Bonchev–Trinajstić information content (AvgIpc) is 2.79. The lowest BCUT2D eigenvalue weighted by Gasteiger charge is -2.42. The lowest BCUT2D eigenvalue weighted by molar-refractivity contribution is 0.125. The van der Waals surface area contributed by atoms with E-state index in [4.69, 9.17) is 0 Å². The minimum atomic E-state index is 0.384. The van der Waals surface area contributed by atoms with Crippen LogP contribution < -0.4 is 0 Å². The Balaban J connectivity index is 1.48. The van der Waals surface area contributed by atoms with Gasteiger partial charge in [-0.2, -0.15) is 0 Å². The van der Waals surface area contributed by atoms with Crippen LogP contribution in [0.5, 0.6) is 11.5 Å². The van der Waals surface area contributed by atoms with E-state index >= 15 is 0 Å². The Morgan fingerprint density at radius 3 is 1.91 bits per heavy atom. The highest BCUT2D eigenvalue weighted by atomic mass is 16.3. The first-order valence-corrected chi connectivity index (χ1v) is 13.3. The first kappa shape index (κ1) is 25.1. The van der Waals surface area contributed by atoms with Crippen molar-refractivity contribution in [3.8, 4) is 11.5 Å². The number of phenolic OH excluding ortho intramolecular Hbond substituents is 2. The Morgan fingerprint density at radius 1 is 0.676 bits per heavy atom. The van der Waals surface area contributed by atoms with E-state index in [1.54, 1.807) is 12.1 Å². The molecule has 0 aromatic heterocycles. The molecular weight excluding hydrogens is 420 g/mol. The summed E-state index contributed by atoms with van der Waals surface area (Å²) in [5, 5.41) is 20.3. The van der Waals surface area contributed by atoms with E-state index in [2.05, 4.69) is 43.1 Å². The van der Waals surface area contributed by atoms with Crippen LogP contribution in [0.15, 0.2) is 48.5 Å². The maximum absolute atomic E-state index is 10.2. The summed E-state index contributed by atoms with van der Waals surface area (Å²) in [6.07, 6.45) is 8.91. The van der Waals surface area contributed by atoms with Crippen LogP contribution in [-0.4, -0.2) is 60.8 Å². The third-order valence-electron chi connectivity index (χ3n) is 8.32. The van der Waals surface area contributed by atoms with Crippen LogP contribution in [0, 0.1) is 17.8 Å². The predicted molar refractivity (Wildman–Crippen MR) is 141 cm³/mol. The zero-order valence-electron chi connectivity index (χ0n) is 21.4. The van der Waals surface area contributed by atoms with E-state index in [9.17, 15) is 10.2 Å². The average molecular weight is 465 g/mol. The van der Waals surface area contributed by atoms with Gasteiger partial charge in [0.25, 0.3) is 0 Å². The highest BCUT2D eigenvalue weighted by Crippen LogP contribution is 2.44. The molecule has 4 heteroatoms. The maximum atomic E-state index is 10.2. The van der Waals surface area contributed by atoms with Crippen LogP contribution in [0.25, 0.3) is 0 Å². The van der Waals surface area contributed by atoms with Crippen molar-refractivity contribution in [2.45, 2.75) is 56.8 Å². The fourth-order valence-corrected chi connectivity index (χ4v) is 7.04. The molecule has 5 atom stereocenters. The van der Waals surface area contributed by atoms with Crippen molar-refractivity contribution in [3.05, 3.63) is 59.7 Å². The van der Waals surface area contributed by atoms with Gasteiger partial charge in [0.1, 0.15) is 11.5 Å². The van der Waals surface area contributed by atoms with Crippen molar-refractivity contribution in [3.63, 3.8) is 0 Å². The normalized spacial score (nSPS) is 27.9. The molecule has 4 nitrogen and oxygen atoms in total. The van der Waals surface area contributed by atoms with Gasteiger partial charge in [0.2, 0.25) is 0 Å². The molecular formula is C30H44N2O2. The molecule has 0 amide bonds. The second-order valence-electron chi connectivity index (χ2n) is 11.3. The molecule has 1 unspecified atom stereocenters. The summed E-state index contributed by atoms with van der Waals surface area (Å²) in [5.74, 6) is 3.66. The number of nitrogens with zero attached hydrogens (tertiary/aromatic N) is 2. The maximum Gasteiger partial charge on any atom is 0.115 e.